The number of aromatic nitrogens is 1. The van der Waals surface area contributed by atoms with E-state index in [2.05, 4.69) is 15.6 Å². The van der Waals surface area contributed by atoms with Crippen molar-refractivity contribution in [3.63, 3.8) is 0 Å². The minimum Gasteiger partial charge on any atom is -0.368 e. The van der Waals surface area contributed by atoms with Gasteiger partial charge < -0.3 is 31.2 Å². The number of aromatic amines is 1. The van der Waals surface area contributed by atoms with Gasteiger partial charge in [-0.15, -0.1) is 11.8 Å². The summed E-state index contributed by atoms with van der Waals surface area (Å²) < 4.78 is 0. The number of thioether (sulfide) groups is 1. The molecule has 2 aromatic carbocycles. The summed E-state index contributed by atoms with van der Waals surface area (Å²) in [7, 11) is 3.08. The first-order valence-corrected chi connectivity index (χ1v) is 17.2. The molecule has 1 aliphatic heterocycles. The summed E-state index contributed by atoms with van der Waals surface area (Å²) in [6.45, 7) is 5.82. The molecule has 0 saturated carbocycles. The number of primary amides is 1. The maximum Gasteiger partial charge on any atom is 0.245 e. The van der Waals surface area contributed by atoms with Gasteiger partial charge >= 0.3 is 0 Å². The van der Waals surface area contributed by atoms with Crippen LogP contribution in [0.2, 0.25) is 5.02 Å². The Kier molecular flexibility index (Phi) is 12.0. The lowest BCUT2D eigenvalue weighted by atomic mass is 9.96. The lowest BCUT2D eigenvalue weighted by molar-refractivity contribution is -0.143. The molecule has 5 N–H and O–H groups in total. The molecule has 1 saturated heterocycles. The molecule has 13 heteroatoms. The van der Waals surface area contributed by atoms with E-state index < -0.39 is 47.8 Å². The average Bonchev–Trinajstić information content (AvgIpc) is 3.41. The fraction of sp³-hybridized carbons (Fsp3) is 0.441. The molecule has 11 nitrogen and oxygen atoms in total. The number of halogens is 1. The van der Waals surface area contributed by atoms with Gasteiger partial charge in [-0.05, 0) is 49.1 Å². The highest BCUT2D eigenvalue weighted by Crippen LogP contribution is 2.24. The summed E-state index contributed by atoms with van der Waals surface area (Å²) >= 11 is 7.34. The van der Waals surface area contributed by atoms with Crippen molar-refractivity contribution < 1.29 is 24.0 Å². The van der Waals surface area contributed by atoms with E-state index in [1.165, 1.54) is 16.8 Å². The third-order valence-electron chi connectivity index (χ3n) is 8.69. The van der Waals surface area contributed by atoms with Crippen LogP contribution < -0.4 is 16.4 Å². The number of nitrogens with zero attached hydrogens (tertiary/aromatic N) is 2. The molecule has 0 bridgehead atoms. The fourth-order valence-electron chi connectivity index (χ4n) is 5.88. The number of fused-ring (bicyclic) bond motifs is 1. The SMILES string of the molecule is CCC[C@H]1C(=O)N[C@@H](Cc2c[nH]c3cc(Cl)ccc23)C(=O)N(C)[C@@H](Cc2ccc(C)cc2C)C(=O)N[C@H](C(N)=O)CSCC(=O)N1C. The molecule has 0 radical (unpaired) electrons. The van der Waals surface area contributed by atoms with Gasteiger partial charge in [-0.25, -0.2) is 0 Å². The van der Waals surface area contributed by atoms with E-state index in [1.54, 1.807) is 25.4 Å². The van der Waals surface area contributed by atoms with Gasteiger partial charge in [-0.2, -0.15) is 0 Å². The minimum absolute atomic E-state index is 0.0319. The van der Waals surface area contributed by atoms with Crippen LogP contribution >= 0.6 is 23.4 Å². The third kappa shape index (κ3) is 8.66. The summed E-state index contributed by atoms with van der Waals surface area (Å²) in [5.41, 5.74) is 10.1. The molecule has 0 unspecified atom stereocenters. The molecule has 1 fully saturated rings. The number of H-pyrrole nitrogens is 1. The summed E-state index contributed by atoms with van der Waals surface area (Å²) in [6, 6.07) is 7.17. The predicted octanol–water partition coefficient (Wildman–Crippen LogP) is 2.88. The third-order valence-corrected chi connectivity index (χ3v) is 9.95. The zero-order chi connectivity index (χ0) is 34.4. The highest BCUT2D eigenvalue weighted by atomic mass is 35.5. The number of aryl methyl sites for hydroxylation is 2. The van der Waals surface area contributed by atoms with Gasteiger partial charge in [-0.1, -0.05) is 54.8 Å². The maximum absolute atomic E-state index is 14.5. The van der Waals surface area contributed by atoms with Crippen molar-refractivity contribution in [2.75, 3.05) is 25.6 Å². The van der Waals surface area contributed by atoms with E-state index in [-0.39, 0.29) is 30.3 Å². The minimum atomic E-state index is -1.09. The lowest BCUT2D eigenvalue weighted by Gasteiger charge is -2.33. The van der Waals surface area contributed by atoms with Crippen LogP contribution in [0, 0.1) is 13.8 Å². The van der Waals surface area contributed by atoms with Crippen LogP contribution in [-0.2, 0) is 36.8 Å². The van der Waals surface area contributed by atoms with Crippen molar-refractivity contribution in [3.05, 3.63) is 69.9 Å². The van der Waals surface area contributed by atoms with Gasteiger partial charge in [0, 0.05) is 54.8 Å². The molecule has 5 amide bonds. The zero-order valence-electron chi connectivity index (χ0n) is 27.4. The van der Waals surface area contributed by atoms with Gasteiger partial charge in [-0.3, -0.25) is 24.0 Å². The number of nitrogens with two attached hydrogens (primary N) is 1. The number of likely N-dealkylation sites (N-methyl/N-ethyl adjacent to an activating group) is 2. The van der Waals surface area contributed by atoms with Crippen molar-refractivity contribution in [2.24, 2.45) is 5.73 Å². The molecular weight excluding hydrogens is 640 g/mol. The Bertz CT molecular complexity index is 1660. The van der Waals surface area contributed by atoms with Gasteiger partial charge in [0.1, 0.15) is 24.2 Å². The highest BCUT2D eigenvalue weighted by Gasteiger charge is 2.37. The number of amides is 5. The number of carbonyl (C=O) groups excluding carboxylic acids is 5. The molecule has 1 aliphatic rings. The predicted molar refractivity (Wildman–Crippen MR) is 185 cm³/mol. The summed E-state index contributed by atoms with van der Waals surface area (Å²) in [5, 5.41) is 7.05. The molecule has 4 atom stereocenters. The Balaban J connectivity index is 1.79. The van der Waals surface area contributed by atoms with Crippen molar-refractivity contribution in [3.8, 4) is 0 Å². The smallest absolute Gasteiger partial charge is 0.245 e. The first-order valence-electron chi connectivity index (χ1n) is 15.6. The van der Waals surface area contributed by atoms with Crippen LogP contribution in [0.4, 0.5) is 0 Å². The molecule has 1 aromatic heterocycles. The summed E-state index contributed by atoms with van der Waals surface area (Å²) in [6.07, 6.45) is 3.02. The Labute approximate surface area is 284 Å². The number of hydrogen-bond acceptors (Lipinski definition) is 6. The number of benzene rings is 2. The van der Waals surface area contributed by atoms with Crippen molar-refractivity contribution in [2.45, 2.75) is 70.6 Å². The monoisotopic (exact) mass is 682 g/mol. The van der Waals surface area contributed by atoms with Gasteiger partial charge in [0.05, 0.1) is 5.75 Å². The summed E-state index contributed by atoms with van der Waals surface area (Å²) in [5.74, 6) is -2.61. The summed E-state index contributed by atoms with van der Waals surface area (Å²) in [4.78, 5) is 73.9. The van der Waals surface area contributed by atoms with E-state index >= 15 is 0 Å². The normalized spacial score (nSPS) is 22.1. The van der Waals surface area contributed by atoms with Crippen molar-refractivity contribution in [1.82, 2.24) is 25.4 Å². The van der Waals surface area contributed by atoms with Gasteiger partial charge in [0.2, 0.25) is 29.5 Å². The molecule has 4 rings (SSSR count). The molecule has 3 aromatic rings. The van der Waals surface area contributed by atoms with Crippen LogP contribution in [0.25, 0.3) is 10.9 Å². The van der Waals surface area contributed by atoms with E-state index in [4.69, 9.17) is 17.3 Å². The van der Waals surface area contributed by atoms with Crippen LogP contribution in [0.1, 0.15) is 42.0 Å². The van der Waals surface area contributed by atoms with Crippen LogP contribution in [-0.4, -0.2) is 94.1 Å². The number of hydrogen-bond donors (Lipinski definition) is 4. The largest absolute Gasteiger partial charge is 0.368 e. The standard InChI is InChI=1S/C34H43ClN6O5S/c1-6-7-28-32(44)38-26(13-22-16-37-25-15-23(35)10-11-24(22)25)34(46)41(5)29(14-21-9-8-19(2)12-20(21)3)33(45)39-27(31(36)43)17-47-18-30(42)40(28)4/h8-12,15-16,26-29,37H,6-7,13-14,17-18H2,1-5H3,(H2,36,43)(H,38,44)(H,39,45)/t26-,27-,28-,29-/m0/s1. The molecular formula is C34H43ClN6O5S. The van der Waals surface area contributed by atoms with E-state index in [0.717, 1.165) is 44.9 Å². The van der Waals surface area contributed by atoms with Crippen LogP contribution in [0.15, 0.2) is 42.6 Å². The Morgan fingerprint density at radius 1 is 0.957 bits per heavy atom. The van der Waals surface area contributed by atoms with Crippen molar-refractivity contribution in [1.29, 1.82) is 0 Å². The van der Waals surface area contributed by atoms with E-state index in [1.807, 2.05) is 45.0 Å². The number of carbonyl (C=O) groups is 5. The first kappa shape index (κ1) is 35.8. The highest BCUT2D eigenvalue weighted by molar-refractivity contribution is 8.00. The molecule has 0 spiro atoms. The lowest BCUT2D eigenvalue weighted by Crippen LogP contribution is -2.59. The quantitative estimate of drug-likeness (QED) is 0.300. The van der Waals surface area contributed by atoms with Crippen LogP contribution in [0.5, 0.6) is 0 Å². The Morgan fingerprint density at radius 2 is 1.68 bits per heavy atom. The van der Waals surface area contributed by atoms with Crippen LogP contribution in [0.3, 0.4) is 0 Å². The zero-order valence-corrected chi connectivity index (χ0v) is 29.0. The molecule has 2 heterocycles. The number of rotatable bonds is 7. The van der Waals surface area contributed by atoms with E-state index in [9.17, 15) is 24.0 Å². The average molecular weight is 683 g/mol. The van der Waals surface area contributed by atoms with Gasteiger partial charge in [0.25, 0.3) is 0 Å². The molecule has 0 aliphatic carbocycles. The van der Waals surface area contributed by atoms with E-state index in [0.29, 0.717) is 17.9 Å². The topological polar surface area (TPSA) is 158 Å². The number of nitrogens with one attached hydrogen (secondary N) is 3. The fourth-order valence-corrected chi connectivity index (χ4v) is 7.03. The Morgan fingerprint density at radius 3 is 2.36 bits per heavy atom. The maximum atomic E-state index is 14.5. The van der Waals surface area contributed by atoms with Crippen molar-refractivity contribution >= 4 is 63.8 Å². The second-order valence-corrected chi connectivity index (χ2v) is 13.6. The first-order chi connectivity index (χ1) is 22.3. The second kappa shape index (κ2) is 15.7. The Hall–Kier alpha value is -4.03. The van der Waals surface area contributed by atoms with Gasteiger partial charge in [0.15, 0.2) is 0 Å². The molecule has 252 valence electrons. The second-order valence-electron chi connectivity index (χ2n) is 12.2. The molecule has 47 heavy (non-hydrogen) atoms.